The first-order valence-corrected chi connectivity index (χ1v) is 6.68. The summed E-state index contributed by atoms with van der Waals surface area (Å²) in [5, 5.41) is 9.08. The number of benzene rings is 1. The molecule has 1 aromatic carbocycles. The summed E-state index contributed by atoms with van der Waals surface area (Å²) < 4.78 is 11.4. The Bertz CT molecular complexity index is 596. The van der Waals surface area contributed by atoms with Gasteiger partial charge in [0.05, 0.1) is 11.3 Å². The van der Waals surface area contributed by atoms with Crippen LogP contribution in [-0.2, 0) is 9.47 Å². The molecule has 0 bridgehead atoms. The van der Waals surface area contributed by atoms with Crippen molar-refractivity contribution in [2.75, 3.05) is 0 Å². The summed E-state index contributed by atoms with van der Waals surface area (Å²) in [6.45, 7) is 7.80. The zero-order valence-electron chi connectivity index (χ0n) is 12.6. The first-order chi connectivity index (χ1) is 9.73. The summed E-state index contributed by atoms with van der Waals surface area (Å²) in [6, 6.07) is 6.55. The van der Waals surface area contributed by atoms with Crippen LogP contribution in [0.15, 0.2) is 41.3 Å². The second kappa shape index (κ2) is 5.24. The van der Waals surface area contributed by atoms with E-state index in [1.54, 1.807) is 24.3 Å². The van der Waals surface area contributed by atoms with Gasteiger partial charge in [0.15, 0.2) is 0 Å². The van der Waals surface area contributed by atoms with E-state index < -0.39 is 17.2 Å². The number of carboxylic acids is 1. The van der Waals surface area contributed by atoms with E-state index >= 15 is 0 Å². The van der Waals surface area contributed by atoms with E-state index in [0.29, 0.717) is 11.6 Å². The molecule has 0 atom stereocenters. The summed E-state index contributed by atoms with van der Waals surface area (Å²) in [6.07, 6.45) is 3.07. The van der Waals surface area contributed by atoms with Gasteiger partial charge in [-0.1, -0.05) is 12.1 Å². The van der Waals surface area contributed by atoms with E-state index in [1.807, 2.05) is 27.7 Å². The van der Waals surface area contributed by atoms with Crippen molar-refractivity contribution in [3.05, 3.63) is 41.9 Å². The number of rotatable bonds is 3. The van der Waals surface area contributed by atoms with Crippen molar-refractivity contribution in [3.63, 3.8) is 0 Å². The second-order valence-corrected chi connectivity index (χ2v) is 5.81. The lowest BCUT2D eigenvalue weighted by molar-refractivity contribution is 0.00578. The number of hydrogen-bond donors (Lipinski definition) is 1. The van der Waals surface area contributed by atoms with Gasteiger partial charge in [0.2, 0.25) is 0 Å². The highest BCUT2D eigenvalue weighted by atomic mass is 16.7. The van der Waals surface area contributed by atoms with Gasteiger partial charge in [0, 0.05) is 12.3 Å². The van der Waals surface area contributed by atoms with E-state index in [1.165, 1.54) is 12.3 Å². The average molecular weight is 289 g/mol. The SMILES string of the molecule is CC1(C)OC(=CC=Nc2ccccc2C(=O)O)OC1(C)C. The molecule has 0 amide bonds. The van der Waals surface area contributed by atoms with Crippen molar-refractivity contribution in [1.29, 1.82) is 0 Å². The second-order valence-electron chi connectivity index (χ2n) is 5.81. The fraction of sp³-hybridized carbons (Fsp3) is 0.375. The summed E-state index contributed by atoms with van der Waals surface area (Å²) in [5.41, 5.74) is -0.337. The van der Waals surface area contributed by atoms with E-state index in [4.69, 9.17) is 14.6 Å². The molecule has 0 aliphatic carbocycles. The molecule has 5 nitrogen and oxygen atoms in total. The van der Waals surface area contributed by atoms with Gasteiger partial charge in [-0.2, -0.15) is 0 Å². The van der Waals surface area contributed by atoms with Crippen LogP contribution < -0.4 is 0 Å². The van der Waals surface area contributed by atoms with Crippen LogP contribution in [0, 0.1) is 0 Å². The molecule has 112 valence electrons. The molecule has 0 spiro atoms. The molecule has 2 rings (SSSR count). The van der Waals surface area contributed by atoms with Crippen molar-refractivity contribution in [1.82, 2.24) is 0 Å². The van der Waals surface area contributed by atoms with Gasteiger partial charge < -0.3 is 14.6 Å². The zero-order valence-corrected chi connectivity index (χ0v) is 12.6. The van der Waals surface area contributed by atoms with Crippen molar-refractivity contribution in [2.45, 2.75) is 38.9 Å². The third-order valence-electron chi connectivity index (χ3n) is 3.72. The Balaban J connectivity index is 2.18. The monoisotopic (exact) mass is 289 g/mol. The Morgan fingerprint density at radius 1 is 1.14 bits per heavy atom. The van der Waals surface area contributed by atoms with Crippen LogP contribution in [-0.4, -0.2) is 28.5 Å². The van der Waals surface area contributed by atoms with Crippen LogP contribution in [0.1, 0.15) is 38.1 Å². The smallest absolute Gasteiger partial charge is 0.337 e. The van der Waals surface area contributed by atoms with Gasteiger partial charge >= 0.3 is 5.97 Å². The van der Waals surface area contributed by atoms with Crippen molar-refractivity contribution >= 4 is 17.9 Å². The minimum absolute atomic E-state index is 0.154. The Kier molecular flexibility index (Phi) is 3.77. The maximum absolute atomic E-state index is 11.1. The van der Waals surface area contributed by atoms with Crippen LogP contribution in [0.25, 0.3) is 0 Å². The van der Waals surface area contributed by atoms with Crippen LogP contribution in [0.3, 0.4) is 0 Å². The number of allylic oxidation sites excluding steroid dienone is 1. The lowest BCUT2D eigenvalue weighted by Gasteiger charge is -2.28. The number of hydrogen-bond acceptors (Lipinski definition) is 4. The van der Waals surface area contributed by atoms with Crippen molar-refractivity contribution in [3.8, 4) is 0 Å². The number of aromatic carboxylic acids is 1. The summed E-state index contributed by atoms with van der Waals surface area (Å²) in [4.78, 5) is 15.2. The third kappa shape index (κ3) is 3.07. The van der Waals surface area contributed by atoms with E-state index in [2.05, 4.69) is 4.99 Å². The average Bonchev–Trinajstić information content (AvgIpc) is 2.58. The number of para-hydroxylation sites is 1. The molecule has 1 heterocycles. The lowest BCUT2D eigenvalue weighted by Crippen LogP contribution is -2.41. The minimum atomic E-state index is -1.01. The third-order valence-corrected chi connectivity index (χ3v) is 3.72. The van der Waals surface area contributed by atoms with Crippen molar-refractivity contribution in [2.24, 2.45) is 4.99 Å². The molecule has 1 saturated heterocycles. The van der Waals surface area contributed by atoms with Gasteiger partial charge in [-0.15, -0.1) is 0 Å². The quantitative estimate of drug-likeness (QED) is 0.864. The van der Waals surface area contributed by atoms with Gasteiger partial charge in [-0.25, -0.2) is 4.79 Å². The maximum atomic E-state index is 11.1. The predicted molar refractivity (Wildman–Crippen MR) is 80.0 cm³/mol. The van der Waals surface area contributed by atoms with E-state index in [-0.39, 0.29) is 5.56 Å². The summed E-state index contributed by atoms with van der Waals surface area (Å²) in [7, 11) is 0. The first-order valence-electron chi connectivity index (χ1n) is 6.68. The van der Waals surface area contributed by atoms with Crippen molar-refractivity contribution < 1.29 is 19.4 Å². The van der Waals surface area contributed by atoms with Crippen LogP contribution in [0.4, 0.5) is 5.69 Å². The first kappa shape index (κ1) is 15.1. The highest BCUT2D eigenvalue weighted by Gasteiger charge is 2.48. The van der Waals surface area contributed by atoms with Gasteiger partial charge in [0.25, 0.3) is 5.95 Å². The molecule has 1 aromatic rings. The number of nitrogens with zero attached hydrogens (tertiary/aromatic N) is 1. The fourth-order valence-electron chi connectivity index (χ4n) is 1.78. The molecular formula is C16H19NO4. The molecule has 1 aliphatic rings. The molecule has 0 unspecified atom stereocenters. The zero-order chi connectivity index (χ0) is 15.7. The Morgan fingerprint density at radius 3 is 2.29 bits per heavy atom. The molecule has 1 aliphatic heterocycles. The Morgan fingerprint density at radius 2 is 1.71 bits per heavy atom. The van der Waals surface area contributed by atoms with Gasteiger partial charge in [-0.3, -0.25) is 4.99 Å². The minimum Gasteiger partial charge on any atom is -0.478 e. The number of ether oxygens (including phenoxy) is 2. The van der Waals surface area contributed by atoms with Crippen LogP contribution in [0.2, 0.25) is 0 Å². The highest BCUT2D eigenvalue weighted by molar-refractivity contribution is 5.94. The molecule has 21 heavy (non-hydrogen) atoms. The van der Waals surface area contributed by atoms with Crippen LogP contribution >= 0.6 is 0 Å². The van der Waals surface area contributed by atoms with E-state index in [0.717, 1.165) is 0 Å². The van der Waals surface area contributed by atoms with Crippen LogP contribution in [0.5, 0.6) is 0 Å². The fourth-order valence-corrected chi connectivity index (χ4v) is 1.78. The Hall–Kier alpha value is -2.30. The normalized spacial score (nSPS) is 19.1. The Labute approximate surface area is 123 Å². The van der Waals surface area contributed by atoms with Gasteiger partial charge in [-0.05, 0) is 39.8 Å². The molecular weight excluding hydrogens is 270 g/mol. The topological polar surface area (TPSA) is 68.1 Å². The standard InChI is InChI=1S/C16H19NO4/c1-15(2)16(3,4)21-13(20-15)9-10-17-12-8-6-5-7-11(12)14(18)19/h5-10H,1-4H3,(H,18,19). The molecule has 0 aromatic heterocycles. The molecule has 0 saturated carbocycles. The molecule has 1 N–H and O–H groups in total. The molecule has 1 fully saturated rings. The lowest BCUT2D eigenvalue weighted by atomic mass is 9.90. The molecule has 5 heteroatoms. The number of aliphatic imine (C=N–C) groups is 1. The van der Waals surface area contributed by atoms with Gasteiger partial charge in [0.1, 0.15) is 11.2 Å². The largest absolute Gasteiger partial charge is 0.478 e. The van der Waals surface area contributed by atoms with E-state index in [9.17, 15) is 4.79 Å². The summed E-state index contributed by atoms with van der Waals surface area (Å²) >= 11 is 0. The maximum Gasteiger partial charge on any atom is 0.337 e. The molecule has 0 radical (unpaired) electrons. The predicted octanol–water partition coefficient (Wildman–Crippen LogP) is 3.53. The number of carboxylic acid groups (broad SMARTS) is 1. The summed E-state index contributed by atoms with van der Waals surface area (Å²) in [5.74, 6) is -0.632. The highest BCUT2D eigenvalue weighted by Crippen LogP contribution is 2.39. The number of carbonyl (C=O) groups is 1.